The molecule has 0 aliphatic carbocycles. The number of anilines is 4. The lowest BCUT2D eigenvalue weighted by Crippen LogP contribution is -2.45. The second kappa shape index (κ2) is 17.8. The average Bonchev–Trinajstić information content (AvgIpc) is 3.90. The van der Waals surface area contributed by atoms with E-state index >= 15 is 0 Å². The first-order chi connectivity index (χ1) is 29.1. The maximum absolute atomic E-state index is 13.9. The van der Waals surface area contributed by atoms with Gasteiger partial charge in [0.15, 0.2) is 5.03 Å². The number of amides is 3. The molecule has 0 fully saturated rings. The molecule has 4 aromatic carbocycles. The molecule has 322 valence electrons. The summed E-state index contributed by atoms with van der Waals surface area (Å²) in [6.07, 6.45) is 3.60. The molecule has 3 atom stereocenters. The SMILES string of the molecule is C[C@@]1(Cc2ccc(Br)cc2)C(=O)N(c2cc(Cl)cc(Cl)c2)c2ncc(I)n21.C[C@H](NS(=O)(=O)c1cnc2n1[C@](C)(Cc1ccc(Br)cc1)C(=O)N2c1cc(Cl)cc(Cl)c1)C(N)=O. The van der Waals surface area contributed by atoms with E-state index in [1.54, 1.807) is 36.2 Å². The molecule has 0 saturated heterocycles. The van der Waals surface area contributed by atoms with Crippen molar-refractivity contribution >= 4 is 152 Å². The lowest BCUT2D eigenvalue weighted by Gasteiger charge is -2.27. The molecule has 0 spiro atoms. The van der Waals surface area contributed by atoms with Crippen LogP contribution < -0.4 is 20.3 Å². The van der Waals surface area contributed by atoms with Crippen molar-refractivity contribution < 1.29 is 22.8 Å². The fourth-order valence-electron chi connectivity index (χ4n) is 7.39. The third-order valence-electron chi connectivity index (χ3n) is 10.3. The van der Waals surface area contributed by atoms with Crippen LogP contribution in [0.15, 0.2) is 111 Å². The average molecular weight is 1180 g/mol. The number of fused-ring (bicyclic) bond motifs is 2. The third-order valence-corrected chi connectivity index (χ3v) is 14.5. The monoisotopic (exact) mass is 1170 g/mol. The van der Waals surface area contributed by atoms with Crippen LogP contribution in [0.25, 0.3) is 0 Å². The summed E-state index contributed by atoms with van der Waals surface area (Å²) in [5.74, 6) is -0.702. The van der Waals surface area contributed by atoms with Gasteiger partial charge in [0.05, 0.1) is 29.8 Å². The zero-order chi connectivity index (χ0) is 45.1. The molecule has 8 rings (SSSR count). The molecule has 21 heteroatoms. The number of sulfonamides is 1. The van der Waals surface area contributed by atoms with Crippen molar-refractivity contribution in [2.75, 3.05) is 9.80 Å². The second-order valence-corrected chi connectivity index (χ2v) is 21.2. The van der Waals surface area contributed by atoms with Gasteiger partial charge in [0, 0.05) is 41.9 Å². The Morgan fingerprint density at radius 2 is 1.11 bits per heavy atom. The number of imidazole rings is 2. The molecule has 3 N–H and O–H groups in total. The number of carbonyl (C=O) groups is 3. The summed E-state index contributed by atoms with van der Waals surface area (Å²) in [6.45, 7) is 4.90. The molecule has 0 unspecified atom stereocenters. The van der Waals surface area contributed by atoms with Crippen molar-refractivity contribution in [3.05, 3.63) is 141 Å². The van der Waals surface area contributed by atoms with E-state index in [4.69, 9.17) is 52.1 Å². The van der Waals surface area contributed by atoms with Crippen molar-refractivity contribution in [1.29, 1.82) is 0 Å². The molecule has 0 saturated carbocycles. The van der Waals surface area contributed by atoms with Gasteiger partial charge >= 0.3 is 0 Å². The van der Waals surface area contributed by atoms with Crippen molar-refractivity contribution in [1.82, 2.24) is 23.8 Å². The first kappa shape index (κ1) is 46.5. The van der Waals surface area contributed by atoms with Crippen LogP contribution in [-0.2, 0) is 48.3 Å². The van der Waals surface area contributed by atoms with Crippen molar-refractivity contribution in [3.63, 3.8) is 0 Å². The Balaban J connectivity index is 0.000000192. The summed E-state index contributed by atoms with van der Waals surface area (Å²) in [5, 5.41) is 1.25. The highest BCUT2D eigenvalue weighted by molar-refractivity contribution is 14.1. The lowest BCUT2D eigenvalue weighted by atomic mass is 9.92. The number of halogens is 7. The van der Waals surface area contributed by atoms with Crippen LogP contribution in [0.1, 0.15) is 31.9 Å². The molecule has 13 nitrogen and oxygen atoms in total. The highest BCUT2D eigenvalue weighted by Crippen LogP contribution is 2.46. The van der Waals surface area contributed by atoms with Crippen LogP contribution >= 0.6 is 101 Å². The van der Waals surface area contributed by atoms with E-state index in [0.717, 1.165) is 30.0 Å². The summed E-state index contributed by atoms with van der Waals surface area (Å²) in [7, 11) is -4.29. The van der Waals surface area contributed by atoms with Crippen LogP contribution in [0.4, 0.5) is 23.3 Å². The predicted octanol–water partition coefficient (Wildman–Crippen LogP) is 9.93. The third kappa shape index (κ3) is 8.93. The molecule has 2 aromatic heterocycles. The zero-order valence-corrected chi connectivity index (χ0v) is 41.8. The fourth-order valence-corrected chi connectivity index (χ4v) is 11.3. The van der Waals surface area contributed by atoms with E-state index in [9.17, 15) is 22.8 Å². The molecule has 6 aromatic rings. The quantitative estimate of drug-likeness (QED) is 0.129. The smallest absolute Gasteiger partial charge is 0.260 e. The van der Waals surface area contributed by atoms with Gasteiger partial charge in [-0.05, 0) is 115 Å². The first-order valence-corrected chi connectivity index (χ1v) is 24.0. The van der Waals surface area contributed by atoms with Gasteiger partial charge in [-0.1, -0.05) is 103 Å². The summed E-state index contributed by atoms with van der Waals surface area (Å²) >= 11 is 33.7. The fraction of sp³-hybridized carbons (Fsp3) is 0.195. The number of hydrogen-bond donors (Lipinski definition) is 2. The molecule has 2 aliphatic heterocycles. The molecular formula is C41H33Br2Cl4IN8O5S. The van der Waals surface area contributed by atoms with Crippen molar-refractivity contribution in [3.8, 4) is 0 Å². The number of aromatic nitrogens is 4. The maximum atomic E-state index is 13.9. The molecule has 4 heterocycles. The first-order valence-electron chi connectivity index (χ1n) is 18.4. The van der Waals surface area contributed by atoms with Crippen LogP contribution in [0, 0.1) is 3.70 Å². The Bertz CT molecular complexity index is 2840. The maximum Gasteiger partial charge on any atom is 0.260 e. The molecule has 0 bridgehead atoms. The number of nitrogens with zero attached hydrogens (tertiary/aromatic N) is 6. The highest BCUT2D eigenvalue weighted by Gasteiger charge is 2.52. The normalized spacial score (nSPS) is 18.7. The minimum atomic E-state index is -4.29. The van der Waals surface area contributed by atoms with Crippen LogP contribution in [0.5, 0.6) is 0 Å². The van der Waals surface area contributed by atoms with Crippen LogP contribution in [-0.4, -0.2) is 51.3 Å². The second-order valence-electron chi connectivity index (χ2n) is 14.9. The Morgan fingerprint density at radius 1 is 0.726 bits per heavy atom. The Morgan fingerprint density at radius 3 is 1.53 bits per heavy atom. The Labute approximate surface area is 407 Å². The predicted molar refractivity (Wildman–Crippen MR) is 256 cm³/mol. The topological polar surface area (TPSA) is 166 Å². The number of rotatable bonds is 10. The van der Waals surface area contributed by atoms with Gasteiger partial charge < -0.3 is 5.73 Å². The highest BCUT2D eigenvalue weighted by atomic mass is 127. The number of carbonyl (C=O) groups excluding carboxylic acids is 3. The Hall–Kier alpha value is -3.53. The van der Waals surface area contributed by atoms with Crippen LogP contribution in [0.2, 0.25) is 20.1 Å². The van der Waals surface area contributed by atoms with Gasteiger partial charge in [0.2, 0.25) is 17.8 Å². The molecule has 0 radical (unpaired) electrons. The number of primary amides is 1. The number of nitrogens with one attached hydrogen (secondary N) is 1. The van der Waals surface area contributed by atoms with E-state index in [-0.39, 0.29) is 23.3 Å². The lowest BCUT2D eigenvalue weighted by molar-refractivity contribution is -0.124. The minimum absolute atomic E-state index is 0.0650. The van der Waals surface area contributed by atoms with E-state index in [0.29, 0.717) is 43.8 Å². The minimum Gasteiger partial charge on any atom is -0.368 e. The molecular weight excluding hydrogens is 1150 g/mol. The Kier molecular flexibility index (Phi) is 13.3. The standard InChI is InChI=1S/C22H20BrCl2N5O4S.C19H13BrCl2IN3O/c1-12(19(26)31)28-35(33,34)18-11-27-21-29(17-8-15(24)7-16(25)9-17)20(32)22(2,30(18)21)10-13-3-5-14(23)6-4-13;1-19(9-11-2-4-12(20)5-3-11)17(27)25(18-24-10-16(23)26(18)19)15-7-13(21)6-14(22)8-15/h3-9,11-12,28H,10H2,1-2H3,(H2,26,31);2-8,10H,9H2,1H3/t12-,22+;19-/m01/s1. The van der Waals surface area contributed by atoms with E-state index in [1.165, 1.54) is 34.6 Å². The van der Waals surface area contributed by atoms with E-state index < -0.39 is 39.0 Å². The number of benzene rings is 4. The van der Waals surface area contributed by atoms with E-state index in [1.807, 2.05) is 60.0 Å². The summed E-state index contributed by atoms with van der Waals surface area (Å²) in [6, 6.07) is 23.8. The van der Waals surface area contributed by atoms with Gasteiger partial charge in [0.25, 0.3) is 21.8 Å². The van der Waals surface area contributed by atoms with Gasteiger partial charge in [-0.25, -0.2) is 28.2 Å². The largest absolute Gasteiger partial charge is 0.368 e. The van der Waals surface area contributed by atoms with Gasteiger partial charge in [-0.2, -0.15) is 4.72 Å². The van der Waals surface area contributed by atoms with Gasteiger partial charge in [-0.15, -0.1) is 0 Å². The molecule has 62 heavy (non-hydrogen) atoms. The number of hydrogen-bond acceptors (Lipinski definition) is 7. The molecule has 3 amide bonds. The summed E-state index contributed by atoms with van der Waals surface area (Å²) < 4.78 is 34.8. The number of nitrogens with two attached hydrogens (primary N) is 1. The van der Waals surface area contributed by atoms with Crippen molar-refractivity contribution in [2.45, 2.75) is 55.8 Å². The molecule has 2 aliphatic rings. The van der Waals surface area contributed by atoms with Gasteiger partial charge in [0.1, 0.15) is 14.8 Å². The van der Waals surface area contributed by atoms with Crippen molar-refractivity contribution in [2.24, 2.45) is 5.73 Å². The summed E-state index contributed by atoms with van der Waals surface area (Å²) in [4.78, 5) is 50.6. The van der Waals surface area contributed by atoms with Gasteiger partial charge in [-0.3, -0.25) is 23.5 Å². The van der Waals surface area contributed by atoms with Crippen LogP contribution in [0.3, 0.4) is 0 Å². The van der Waals surface area contributed by atoms with E-state index in [2.05, 4.69) is 69.1 Å². The zero-order valence-electron chi connectivity index (χ0n) is 32.6. The summed E-state index contributed by atoms with van der Waals surface area (Å²) in [5.41, 5.74) is 5.85.